The molecule has 0 spiro atoms. The average Bonchev–Trinajstić information content (AvgIpc) is 3.25. The molecule has 4 rings (SSSR count). The molecule has 0 aliphatic rings. The van der Waals surface area contributed by atoms with Gasteiger partial charge in [0.25, 0.3) is 5.91 Å². The second-order valence-electron chi connectivity index (χ2n) is 8.19. The number of hydrogen-bond acceptors (Lipinski definition) is 2. The van der Waals surface area contributed by atoms with Crippen molar-refractivity contribution in [1.29, 1.82) is 0 Å². The lowest BCUT2D eigenvalue weighted by Crippen LogP contribution is -3.07. The minimum absolute atomic E-state index is 0.106. The molecule has 1 heterocycles. The number of hydrogen-bond donors (Lipinski definition) is 2. The van der Waals surface area contributed by atoms with Crippen LogP contribution in [0.5, 0.6) is 0 Å². The molecule has 0 saturated heterocycles. The Balaban J connectivity index is 1.58. The summed E-state index contributed by atoms with van der Waals surface area (Å²) in [5.41, 5.74) is 4.57. The summed E-state index contributed by atoms with van der Waals surface area (Å²) in [6.07, 6.45) is 1.85. The number of benzene rings is 3. The molecule has 0 unspecified atom stereocenters. The van der Waals surface area contributed by atoms with Gasteiger partial charge in [0, 0.05) is 17.3 Å². The number of quaternary nitrogens is 1. The van der Waals surface area contributed by atoms with Gasteiger partial charge in [-0.05, 0) is 5.56 Å². The summed E-state index contributed by atoms with van der Waals surface area (Å²) in [5, 5.41) is 7.92. The fraction of sp³-hybridized carbons (Fsp3) is 0.185. The Morgan fingerprint density at radius 2 is 1.50 bits per heavy atom. The van der Waals surface area contributed by atoms with Crippen molar-refractivity contribution >= 4 is 5.91 Å². The average molecular weight is 426 g/mol. The van der Waals surface area contributed by atoms with Gasteiger partial charge in [0.15, 0.2) is 0 Å². The summed E-state index contributed by atoms with van der Waals surface area (Å²) >= 11 is 0. The first-order valence-electron chi connectivity index (χ1n) is 10.9. The van der Waals surface area contributed by atoms with Gasteiger partial charge in [-0.15, -0.1) is 0 Å². The van der Waals surface area contributed by atoms with Gasteiger partial charge >= 0.3 is 0 Å². The van der Waals surface area contributed by atoms with Crippen LogP contribution in [-0.4, -0.2) is 36.3 Å². The minimum Gasteiger partial charge on any atom is -0.346 e. The zero-order chi connectivity index (χ0) is 22.3. The Bertz CT molecular complexity index is 1140. The summed E-state index contributed by atoms with van der Waals surface area (Å²) in [4.78, 5) is 14.6. The van der Waals surface area contributed by atoms with Crippen molar-refractivity contribution in [2.45, 2.75) is 12.6 Å². The number of aromatic nitrogens is 2. The van der Waals surface area contributed by atoms with E-state index in [9.17, 15) is 4.79 Å². The van der Waals surface area contributed by atoms with E-state index < -0.39 is 0 Å². The van der Waals surface area contributed by atoms with Crippen molar-refractivity contribution in [3.63, 3.8) is 0 Å². The van der Waals surface area contributed by atoms with Crippen LogP contribution in [0.15, 0.2) is 97.2 Å². The number of nitrogens with zero attached hydrogens (tertiary/aromatic N) is 2. The SMILES string of the molecule is C[NH+](C)[C@H](CNC(=O)c1cn(Cc2ccccc2)nc1-c1ccccc1)c1ccccc1. The van der Waals surface area contributed by atoms with Gasteiger partial charge in [-0.25, -0.2) is 0 Å². The molecule has 3 aromatic carbocycles. The molecule has 0 aliphatic heterocycles. The van der Waals surface area contributed by atoms with Gasteiger partial charge in [0.1, 0.15) is 11.7 Å². The van der Waals surface area contributed by atoms with Crippen LogP contribution in [0, 0.1) is 0 Å². The van der Waals surface area contributed by atoms with Crippen LogP contribution >= 0.6 is 0 Å². The fourth-order valence-electron chi connectivity index (χ4n) is 3.88. The number of likely N-dealkylation sites (N-methyl/N-ethyl adjacent to an activating group) is 1. The smallest absolute Gasteiger partial charge is 0.255 e. The largest absolute Gasteiger partial charge is 0.346 e. The van der Waals surface area contributed by atoms with Crippen LogP contribution in [0.4, 0.5) is 0 Å². The quantitative estimate of drug-likeness (QED) is 0.456. The van der Waals surface area contributed by atoms with Gasteiger partial charge in [0.2, 0.25) is 0 Å². The molecule has 1 atom stereocenters. The van der Waals surface area contributed by atoms with Gasteiger partial charge in [-0.1, -0.05) is 91.0 Å². The number of nitrogens with one attached hydrogen (secondary N) is 2. The predicted octanol–water partition coefficient (Wildman–Crippen LogP) is 3.21. The van der Waals surface area contributed by atoms with E-state index in [0.717, 1.165) is 11.1 Å². The summed E-state index contributed by atoms with van der Waals surface area (Å²) in [5.74, 6) is -0.106. The second-order valence-corrected chi connectivity index (χ2v) is 8.19. The van der Waals surface area contributed by atoms with Gasteiger partial charge in [-0.2, -0.15) is 5.10 Å². The molecule has 32 heavy (non-hydrogen) atoms. The highest BCUT2D eigenvalue weighted by molar-refractivity contribution is 5.99. The molecule has 2 N–H and O–H groups in total. The molecular formula is C27H29N4O+. The van der Waals surface area contributed by atoms with E-state index >= 15 is 0 Å². The van der Waals surface area contributed by atoms with Crippen LogP contribution in [0.2, 0.25) is 0 Å². The zero-order valence-electron chi connectivity index (χ0n) is 18.5. The Labute approximate surface area is 189 Å². The first-order chi connectivity index (χ1) is 15.6. The first kappa shape index (κ1) is 21.5. The van der Waals surface area contributed by atoms with Crippen molar-refractivity contribution in [3.05, 3.63) is 114 Å². The molecule has 0 aliphatic carbocycles. The van der Waals surface area contributed by atoms with E-state index in [1.54, 1.807) is 0 Å². The Kier molecular flexibility index (Phi) is 6.78. The summed E-state index contributed by atoms with van der Waals surface area (Å²) < 4.78 is 1.85. The molecule has 0 fully saturated rings. The molecule has 1 amide bonds. The lowest BCUT2D eigenvalue weighted by atomic mass is 10.1. The highest BCUT2D eigenvalue weighted by Crippen LogP contribution is 2.22. The fourth-order valence-corrected chi connectivity index (χ4v) is 3.88. The summed E-state index contributed by atoms with van der Waals surface area (Å²) in [6.45, 7) is 1.16. The molecule has 162 valence electrons. The third kappa shape index (κ3) is 5.13. The number of carbonyl (C=O) groups is 1. The number of carbonyl (C=O) groups excluding carboxylic acids is 1. The van der Waals surface area contributed by atoms with Crippen molar-refractivity contribution in [2.24, 2.45) is 0 Å². The predicted molar refractivity (Wildman–Crippen MR) is 128 cm³/mol. The second kappa shape index (κ2) is 10.1. The van der Waals surface area contributed by atoms with Gasteiger partial charge in [0.05, 0.1) is 32.7 Å². The molecule has 5 nitrogen and oxygen atoms in total. The van der Waals surface area contributed by atoms with Gasteiger partial charge < -0.3 is 10.2 Å². The van der Waals surface area contributed by atoms with E-state index in [4.69, 9.17) is 5.10 Å². The Hall–Kier alpha value is -3.70. The number of rotatable bonds is 8. The van der Waals surface area contributed by atoms with Crippen LogP contribution in [-0.2, 0) is 6.54 Å². The van der Waals surface area contributed by atoms with E-state index in [2.05, 4.69) is 43.7 Å². The Morgan fingerprint density at radius 1 is 0.906 bits per heavy atom. The summed E-state index contributed by atoms with van der Waals surface area (Å²) in [7, 11) is 4.22. The maximum Gasteiger partial charge on any atom is 0.255 e. The molecule has 4 aromatic rings. The lowest BCUT2D eigenvalue weighted by molar-refractivity contribution is -0.890. The third-order valence-electron chi connectivity index (χ3n) is 5.61. The van der Waals surface area contributed by atoms with Gasteiger partial charge in [-0.3, -0.25) is 9.48 Å². The molecule has 1 aromatic heterocycles. The molecule has 0 radical (unpaired) electrons. The molecule has 0 saturated carbocycles. The van der Waals surface area contributed by atoms with Crippen LogP contribution in [0.3, 0.4) is 0 Å². The maximum atomic E-state index is 13.3. The zero-order valence-corrected chi connectivity index (χ0v) is 18.5. The maximum absolute atomic E-state index is 13.3. The van der Waals surface area contributed by atoms with E-state index in [0.29, 0.717) is 24.3 Å². The van der Waals surface area contributed by atoms with Crippen LogP contribution < -0.4 is 10.2 Å². The topological polar surface area (TPSA) is 51.4 Å². The van der Waals surface area contributed by atoms with E-state index in [-0.39, 0.29) is 11.9 Å². The third-order valence-corrected chi connectivity index (χ3v) is 5.61. The Morgan fingerprint density at radius 3 is 2.12 bits per heavy atom. The van der Waals surface area contributed by atoms with E-state index in [1.807, 2.05) is 77.6 Å². The highest BCUT2D eigenvalue weighted by Gasteiger charge is 2.22. The lowest BCUT2D eigenvalue weighted by Gasteiger charge is -2.22. The number of amides is 1. The monoisotopic (exact) mass is 425 g/mol. The van der Waals surface area contributed by atoms with Crippen molar-refractivity contribution < 1.29 is 9.69 Å². The molecule has 0 bridgehead atoms. The molecule has 5 heteroatoms. The van der Waals surface area contributed by atoms with Crippen LogP contribution in [0.25, 0.3) is 11.3 Å². The van der Waals surface area contributed by atoms with Crippen molar-refractivity contribution in [3.8, 4) is 11.3 Å². The minimum atomic E-state index is -0.106. The van der Waals surface area contributed by atoms with E-state index in [1.165, 1.54) is 10.5 Å². The highest BCUT2D eigenvalue weighted by atomic mass is 16.1. The normalized spacial score (nSPS) is 12.0. The van der Waals surface area contributed by atoms with Crippen molar-refractivity contribution in [2.75, 3.05) is 20.6 Å². The van der Waals surface area contributed by atoms with Crippen LogP contribution in [0.1, 0.15) is 27.5 Å². The summed E-state index contributed by atoms with van der Waals surface area (Å²) in [6, 6.07) is 30.5. The molecular weight excluding hydrogens is 396 g/mol. The standard InChI is InChI=1S/C27H28N4O/c1-30(2)25(22-14-8-4-9-15-22)18-28-27(32)24-20-31(19-21-12-6-3-7-13-21)29-26(24)23-16-10-5-11-17-23/h3-17,20,25H,18-19H2,1-2H3,(H,28,32)/p+1/t25-/m1/s1. The van der Waals surface area contributed by atoms with Crippen molar-refractivity contribution in [1.82, 2.24) is 15.1 Å². The first-order valence-corrected chi connectivity index (χ1v) is 10.9.